The summed E-state index contributed by atoms with van der Waals surface area (Å²) in [5, 5.41) is 24.6. The Morgan fingerprint density at radius 3 is 2.47 bits per heavy atom. The largest absolute Gasteiger partial charge is 0.489 e. The maximum atomic E-state index is 14.7. The van der Waals surface area contributed by atoms with Crippen molar-refractivity contribution in [3.63, 3.8) is 0 Å². The molecule has 2 aliphatic carbocycles. The molecule has 306 valence electrons. The van der Waals surface area contributed by atoms with Gasteiger partial charge in [0.1, 0.15) is 30.5 Å². The number of halogens is 1. The van der Waals surface area contributed by atoms with Crippen LogP contribution >= 0.6 is 11.8 Å². The van der Waals surface area contributed by atoms with E-state index in [1.165, 1.54) is 11.6 Å². The summed E-state index contributed by atoms with van der Waals surface area (Å²) in [7, 11) is 0. The van der Waals surface area contributed by atoms with Crippen LogP contribution in [0.15, 0.2) is 127 Å². The van der Waals surface area contributed by atoms with Crippen molar-refractivity contribution in [2.75, 3.05) is 25.6 Å². The third-order valence-corrected chi connectivity index (χ3v) is 13.0. The fraction of sp³-hybridized carbons (Fsp3) is 0.417. The highest BCUT2D eigenvalue weighted by Gasteiger charge is 2.64. The summed E-state index contributed by atoms with van der Waals surface area (Å²) in [6.45, 7) is 5.05. The molecule has 0 radical (unpaired) electrons. The van der Waals surface area contributed by atoms with E-state index in [0.29, 0.717) is 43.8 Å². The number of aryl methyl sites for hydroxylation is 1. The molecule has 10 heteroatoms. The van der Waals surface area contributed by atoms with Crippen molar-refractivity contribution in [3.8, 4) is 11.5 Å². The Labute approximate surface area is 346 Å². The Bertz CT molecular complexity index is 2000. The molecule has 6 atom stereocenters. The summed E-state index contributed by atoms with van der Waals surface area (Å²) in [6, 6.07) is 26.8. The van der Waals surface area contributed by atoms with Crippen LogP contribution in [0.4, 0.5) is 4.39 Å². The van der Waals surface area contributed by atoms with Crippen LogP contribution in [0.1, 0.15) is 73.1 Å². The van der Waals surface area contributed by atoms with Gasteiger partial charge in [0.25, 0.3) is 0 Å². The molecule has 2 heterocycles. The number of aromatic nitrogens is 1. The van der Waals surface area contributed by atoms with Gasteiger partial charge in [0, 0.05) is 49.1 Å². The van der Waals surface area contributed by atoms with Crippen LogP contribution in [0.5, 0.6) is 11.5 Å². The van der Waals surface area contributed by atoms with Gasteiger partial charge >= 0.3 is 0 Å². The Balaban J connectivity index is 1.34. The number of unbranched alkanes of at least 4 members (excludes halogenated alkanes) is 2. The molecule has 1 saturated carbocycles. The number of hydrogen-bond donors (Lipinski definition) is 2. The smallest absolute Gasteiger partial charge is 0.230 e. The predicted octanol–water partition coefficient (Wildman–Crippen LogP) is 9.61. The van der Waals surface area contributed by atoms with Crippen LogP contribution < -0.4 is 9.47 Å². The maximum absolute atomic E-state index is 14.7. The molecule has 2 N–H and O–H groups in total. The van der Waals surface area contributed by atoms with Gasteiger partial charge in [0.15, 0.2) is 0 Å². The first-order chi connectivity index (χ1) is 28.5. The molecule has 3 aromatic carbocycles. The highest BCUT2D eigenvalue weighted by molar-refractivity contribution is 8.00. The van der Waals surface area contributed by atoms with Crippen molar-refractivity contribution in [3.05, 3.63) is 150 Å². The topological polar surface area (TPSA) is 103 Å². The number of aliphatic hydroxyl groups excluding tert-OH is 2. The molecule has 8 nitrogen and oxygen atoms in total. The quantitative estimate of drug-likeness (QED) is 0.0488. The van der Waals surface area contributed by atoms with Crippen LogP contribution in [0.3, 0.4) is 0 Å². The first-order valence-electron chi connectivity index (χ1n) is 20.7. The van der Waals surface area contributed by atoms with E-state index < -0.39 is 5.79 Å². The molecule has 0 bridgehead atoms. The van der Waals surface area contributed by atoms with E-state index in [1.54, 1.807) is 18.2 Å². The number of aliphatic hydroxyl groups is 2. The molecule has 0 unspecified atom stereocenters. The van der Waals surface area contributed by atoms with Gasteiger partial charge in [0.05, 0.1) is 23.5 Å². The van der Waals surface area contributed by atoms with Crippen LogP contribution in [0.2, 0.25) is 0 Å². The van der Waals surface area contributed by atoms with Gasteiger partial charge in [-0.3, -0.25) is 4.98 Å². The van der Waals surface area contributed by atoms with E-state index in [4.69, 9.17) is 24.2 Å². The predicted molar refractivity (Wildman–Crippen MR) is 227 cm³/mol. The van der Waals surface area contributed by atoms with Crippen LogP contribution in [-0.2, 0) is 29.2 Å². The van der Waals surface area contributed by atoms with Gasteiger partial charge in [-0.25, -0.2) is 4.39 Å². The molecule has 1 aliphatic heterocycles. The van der Waals surface area contributed by atoms with Gasteiger partial charge in [-0.15, -0.1) is 6.58 Å². The Morgan fingerprint density at radius 1 is 0.914 bits per heavy atom. The lowest BCUT2D eigenvalue weighted by Gasteiger charge is -2.58. The van der Waals surface area contributed by atoms with Crippen molar-refractivity contribution in [2.24, 2.45) is 22.9 Å². The van der Waals surface area contributed by atoms with E-state index >= 15 is 0 Å². The molecule has 4 aromatic rings. The van der Waals surface area contributed by atoms with Crippen LogP contribution in [0.25, 0.3) is 0 Å². The van der Waals surface area contributed by atoms with E-state index in [9.17, 15) is 14.6 Å². The average molecular weight is 807 g/mol. The minimum atomic E-state index is -1.07. The van der Waals surface area contributed by atoms with Gasteiger partial charge in [-0.05, 0) is 103 Å². The highest BCUT2D eigenvalue weighted by atomic mass is 32.2. The first-order valence-corrected chi connectivity index (χ1v) is 21.7. The Kier molecular flexibility index (Phi) is 14.7. The van der Waals surface area contributed by atoms with E-state index in [0.717, 1.165) is 66.0 Å². The number of benzene rings is 3. The number of rotatable bonds is 21. The Morgan fingerprint density at radius 2 is 1.69 bits per heavy atom. The summed E-state index contributed by atoms with van der Waals surface area (Å²) in [6.07, 6.45) is 14.2. The minimum absolute atomic E-state index is 0.0775. The lowest BCUT2D eigenvalue weighted by atomic mass is 9.56. The van der Waals surface area contributed by atoms with Gasteiger partial charge in [0.2, 0.25) is 5.79 Å². The molecule has 7 rings (SSSR count). The fourth-order valence-corrected chi connectivity index (χ4v) is 10.4. The fourth-order valence-electron chi connectivity index (χ4n) is 8.97. The minimum Gasteiger partial charge on any atom is -0.489 e. The zero-order valence-corrected chi connectivity index (χ0v) is 33.9. The number of fused-ring (bicyclic) bond motifs is 2. The summed E-state index contributed by atoms with van der Waals surface area (Å²) >= 11 is 1.84. The number of allylic oxidation sites excluding steroid dienone is 1. The zero-order chi connectivity index (χ0) is 40.2. The van der Waals surface area contributed by atoms with E-state index in [1.807, 2.05) is 72.7 Å². The molecule has 1 aromatic heterocycles. The first kappa shape index (κ1) is 41.7. The average Bonchev–Trinajstić information content (AvgIpc) is 3.25. The van der Waals surface area contributed by atoms with Crippen molar-refractivity contribution in [1.29, 1.82) is 0 Å². The summed E-state index contributed by atoms with van der Waals surface area (Å²) in [5.41, 5.74) is 5.72. The molecule has 3 aliphatic rings. The van der Waals surface area contributed by atoms with Crippen molar-refractivity contribution in [2.45, 2.75) is 81.5 Å². The monoisotopic (exact) mass is 806 g/mol. The van der Waals surface area contributed by atoms with E-state index in [-0.39, 0.29) is 54.6 Å². The molecular formula is C48H55FN2O6S. The standard InChI is InChI=1S/C48H55FN2O6S/c1-2-27-55-48-45(58-28-22-34-20-23-50-24-21-34)31-43(51-56-32-35-12-4-3-5-13-35)40-29-36(14-8-10-25-52)39(16-9-11-26-53)46(47(40)48)41-30-38(18-19-44(41)57-48)54-33-37-15-6-7-17-42(37)49/h2-7,12-13,15,17-21,23-24,29-30,36,39,45-47,52-53H,1,8-11,14,16,22,25-28,31-33H2/t36-,39+,45-,46+,47+,48+/m0/s1. The van der Waals surface area contributed by atoms with Crippen LogP contribution in [0, 0.1) is 23.6 Å². The SMILES string of the molecule is C=CCO[C@@]12Oc3ccc(OCc4ccccc4F)cc3[C@H]3[C@H](CCCCO)[C@@H](CCCCO)C=C(C(=NOCc4ccccc4)C[C@@H]1SCCc1ccncc1)[C@H]32. The van der Waals surface area contributed by atoms with Crippen molar-refractivity contribution < 1.29 is 33.7 Å². The van der Waals surface area contributed by atoms with Crippen molar-refractivity contribution >= 4 is 17.5 Å². The van der Waals surface area contributed by atoms with Crippen molar-refractivity contribution in [1.82, 2.24) is 4.98 Å². The highest BCUT2D eigenvalue weighted by Crippen LogP contribution is 2.62. The van der Waals surface area contributed by atoms with Gasteiger partial charge in [-0.1, -0.05) is 78.7 Å². The van der Waals surface area contributed by atoms with E-state index in [2.05, 4.69) is 35.8 Å². The molecular weight excluding hydrogens is 752 g/mol. The maximum Gasteiger partial charge on any atom is 0.230 e. The lowest BCUT2D eigenvalue weighted by Crippen LogP contribution is -2.64. The number of pyridine rings is 1. The molecule has 58 heavy (non-hydrogen) atoms. The van der Waals surface area contributed by atoms with Gasteiger partial charge in [-0.2, -0.15) is 11.8 Å². The second kappa shape index (κ2) is 20.5. The molecule has 0 amide bonds. The number of hydrogen-bond acceptors (Lipinski definition) is 9. The van der Waals surface area contributed by atoms with Crippen LogP contribution in [-0.4, -0.2) is 57.5 Å². The summed E-state index contributed by atoms with van der Waals surface area (Å²) in [4.78, 5) is 10.4. The number of thioether (sulfide) groups is 1. The number of oxime groups is 1. The number of ether oxygens (including phenoxy) is 3. The zero-order valence-electron chi connectivity index (χ0n) is 33.1. The third-order valence-electron chi connectivity index (χ3n) is 11.7. The second-order valence-corrected chi connectivity index (χ2v) is 16.7. The number of nitrogens with zero attached hydrogens (tertiary/aromatic N) is 2. The molecule has 1 fully saturated rings. The summed E-state index contributed by atoms with van der Waals surface area (Å²) in [5.74, 6) is 0.793. The molecule has 0 saturated heterocycles. The normalized spacial score (nSPS) is 23.9. The third kappa shape index (κ3) is 9.69. The molecule has 0 spiro atoms. The second-order valence-electron chi connectivity index (χ2n) is 15.4. The Hall–Kier alpha value is -4.48. The lowest BCUT2D eigenvalue weighted by molar-refractivity contribution is -0.223. The van der Waals surface area contributed by atoms with Gasteiger partial charge < -0.3 is 29.3 Å². The summed E-state index contributed by atoms with van der Waals surface area (Å²) < 4.78 is 35.4.